The van der Waals surface area contributed by atoms with E-state index in [9.17, 15) is 14.5 Å². The molecule has 4 N–H and O–H groups in total. The highest BCUT2D eigenvalue weighted by Gasteiger charge is 2.44. The molecular formula is C22H30ClN6O8P. The zero-order valence-electron chi connectivity index (χ0n) is 21.2. The Kier molecular flexibility index (Phi) is 8.72. The maximum Gasteiger partial charge on any atom is 0.406 e. The van der Waals surface area contributed by atoms with Gasteiger partial charge in [0.2, 0.25) is 11.8 Å². The number of anilines is 1. The average molecular weight is 573 g/mol. The lowest BCUT2D eigenvalue weighted by atomic mass is 10.0. The van der Waals surface area contributed by atoms with Gasteiger partial charge in [0.05, 0.1) is 39.4 Å². The van der Waals surface area contributed by atoms with Crippen LogP contribution in [0.4, 0.5) is 5.95 Å². The van der Waals surface area contributed by atoms with E-state index >= 15 is 0 Å². The predicted octanol–water partition coefficient (Wildman–Crippen LogP) is 2.06. The van der Waals surface area contributed by atoms with Crippen molar-refractivity contribution in [2.24, 2.45) is 5.92 Å². The fourth-order valence-electron chi connectivity index (χ4n) is 4.15. The number of allylic oxidation sites excluding steroid dienone is 2. The summed E-state index contributed by atoms with van der Waals surface area (Å²) in [6, 6.07) is -1.00. The van der Waals surface area contributed by atoms with Crippen LogP contribution in [0.1, 0.15) is 26.5 Å². The van der Waals surface area contributed by atoms with Crippen molar-refractivity contribution in [3.63, 3.8) is 0 Å². The first-order chi connectivity index (χ1) is 18.0. The number of hydrogen-bond donors (Lipinski definition) is 3. The van der Waals surface area contributed by atoms with Gasteiger partial charge in [0.1, 0.15) is 18.4 Å². The van der Waals surface area contributed by atoms with Gasteiger partial charge in [-0.25, -0.2) is 14.6 Å². The van der Waals surface area contributed by atoms with E-state index < -0.39 is 50.2 Å². The maximum absolute atomic E-state index is 13.7. The molecule has 0 spiro atoms. The summed E-state index contributed by atoms with van der Waals surface area (Å²) >= 11 is 5.96. The molecule has 1 saturated heterocycles. The van der Waals surface area contributed by atoms with Gasteiger partial charge < -0.3 is 25.1 Å². The van der Waals surface area contributed by atoms with Crippen molar-refractivity contribution in [3.8, 4) is 5.88 Å². The second-order valence-electron chi connectivity index (χ2n) is 8.82. The molecule has 16 heteroatoms. The molecule has 1 aliphatic carbocycles. The zero-order chi connectivity index (χ0) is 27.6. The Morgan fingerprint density at radius 3 is 2.84 bits per heavy atom. The van der Waals surface area contributed by atoms with Gasteiger partial charge in [-0.3, -0.25) is 18.4 Å². The fraction of sp³-hybridized carbons (Fsp3) is 0.545. The van der Waals surface area contributed by atoms with Crippen LogP contribution >= 0.6 is 19.3 Å². The molecule has 0 amide bonds. The van der Waals surface area contributed by atoms with E-state index in [0.29, 0.717) is 22.6 Å². The molecule has 1 fully saturated rings. The second-order valence-corrected chi connectivity index (χ2v) is 11.0. The molecule has 2 aliphatic rings. The van der Waals surface area contributed by atoms with Crippen LogP contribution in [0.15, 0.2) is 29.6 Å². The van der Waals surface area contributed by atoms with Crippen molar-refractivity contribution in [2.75, 3.05) is 26.6 Å². The van der Waals surface area contributed by atoms with Gasteiger partial charge in [-0.15, -0.1) is 0 Å². The van der Waals surface area contributed by atoms with Gasteiger partial charge in [0.15, 0.2) is 11.2 Å². The Hall–Kier alpha value is -2.58. The topological polar surface area (TPSA) is 182 Å². The van der Waals surface area contributed by atoms with E-state index in [1.54, 1.807) is 29.7 Å². The first-order valence-electron chi connectivity index (χ1n) is 11.7. The quantitative estimate of drug-likeness (QED) is 0.278. The van der Waals surface area contributed by atoms with Gasteiger partial charge in [-0.05, 0) is 19.4 Å². The van der Waals surface area contributed by atoms with Crippen LogP contribution in [0, 0.1) is 5.92 Å². The third kappa shape index (κ3) is 6.01. The van der Waals surface area contributed by atoms with Crippen LogP contribution in [0.5, 0.6) is 5.88 Å². The van der Waals surface area contributed by atoms with E-state index in [4.69, 9.17) is 40.6 Å². The van der Waals surface area contributed by atoms with E-state index in [1.165, 1.54) is 27.5 Å². The van der Waals surface area contributed by atoms with E-state index in [-0.39, 0.29) is 18.4 Å². The van der Waals surface area contributed by atoms with Crippen molar-refractivity contribution < 1.29 is 37.7 Å². The molecule has 4 rings (SSSR count). The number of hydrogen-bond acceptors (Lipinski definition) is 12. The molecule has 7 unspecified atom stereocenters. The summed E-state index contributed by atoms with van der Waals surface area (Å²) < 4.78 is 42.8. The number of nitrogens with zero attached hydrogens (tertiary/aromatic N) is 4. The smallest absolute Gasteiger partial charge is 0.406 e. The predicted molar refractivity (Wildman–Crippen MR) is 136 cm³/mol. The summed E-state index contributed by atoms with van der Waals surface area (Å²) in [6.45, 7) is 2.92. The largest absolute Gasteiger partial charge is 0.479 e. The molecule has 0 radical (unpaired) electrons. The summed E-state index contributed by atoms with van der Waals surface area (Å²) in [5.41, 5.74) is 6.55. The number of carbonyl (C=O) groups is 1. The number of carbonyl (C=O) groups excluding carboxylic acids is 1. The van der Waals surface area contributed by atoms with Crippen LogP contribution in [-0.4, -0.2) is 75.8 Å². The summed E-state index contributed by atoms with van der Waals surface area (Å²) in [4.78, 5) is 24.5. The molecule has 14 nitrogen and oxygen atoms in total. The van der Waals surface area contributed by atoms with Crippen LogP contribution < -0.4 is 15.6 Å². The third-order valence-electron chi connectivity index (χ3n) is 6.16. The number of aliphatic hydroxyl groups excluding tert-OH is 1. The monoisotopic (exact) mass is 572 g/mol. The number of imidazole rings is 1. The number of fused-ring (bicyclic) bond motifs is 1. The molecule has 0 bridgehead atoms. The average Bonchev–Trinajstić information content (AvgIpc) is 3.43. The summed E-state index contributed by atoms with van der Waals surface area (Å²) in [5, 5.41) is 14.0. The number of nitrogen functional groups attached to an aromatic ring is 1. The summed E-state index contributed by atoms with van der Waals surface area (Å²) in [6.07, 6.45) is 3.53. The SMILES string of the molecule is COC(=O)C(C)NP(=O)(OCC1OC(n2cnc3c(OC)nc(N)nc32)C(C)C1O)OC1C=CC(Cl)=CC1. The Bertz CT molecular complexity index is 1290. The molecule has 38 heavy (non-hydrogen) atoms. The first-order valence-corrected chi connectivity index (χ1v) is 13.7. The van der Waals surface area contributed by atoms with Gasteiger partial charge in [-0.1, -0.05) is 30.7 Å². The molecule has 2 aromatic heterocycles. The lowest BCUT2D eigenvalue weighted by molar-refractivity contribution is -0.142. The molecule has 0 aromatic carbocycles. The van der Waals surface area contributed by atoms with E-state index in [2.05, 4.69) is 20.0 Å². The van der Waals surface area contributed by atoms with Crippen molar-refractivity contribution in [1.82, 2.24) is 24.6 Å². The van der Waals surface area contributed by atoms with Crippen molar-refractivity contribution in [3.05, 3.63) is 29.6 Å². The summed E-state index contributed by atoms with van der Waals surface area (Å²) in [5.74, 6) is -0.916. The fourth-order valence-corrected chi connectivity index (χ4v) is 5.94. The maximum atomic E-state index is 13.7. The molecule has 3 heterocycles. The number of ether oxygens (including phenoxy) is 3. The van der Waals surface area contributed by atoms with Gasteiger partial charge in [0, 0.05) is 11.0 Å². The standard InChI is InChI=1S/C22H30ClN6O8P/c1-11-17(30)15(36-20(11)29-10-25-16-18(29)26-22(24)27-19(16)33-3)9-35-38(32,28-12(2)21(31)34-4)37-14-7-5-13(23)6-8-14/h5-7,10-12,14-15,17,20,30H,8-9H2,1-4H3,(H,28,32)(H2,24,26,27). The van der Waals surface area contributed by atoms with Crippen molar-refractivity contribution in [1.29, 1.82) is 0 Å². The molecule has 0 saturated carbocycles. The highest BCUT2D eigenvalue weighted by molar-refractivity contribution is 7.51. The number of aliphatic hydroxyl groups is 1. The van der Waals surface area contributed by atoms with Crippen LogP contribution in [0.25, 0.3) is 11.2 Å². The molecular weight excluding hydrogens is 543 g/mol. The number of aromatic nitrogens is 4. The zero-order valence-corrected chi connectivity index (χ0v) is 22.8. The van der Waals surface area contributed by atoms with Gasteiger partial charge in [0.25, 0.3) is 0 Å². The first kappa shape index (κ1) is 28.4. The minimum absolute atomic E-state index is 0.0148. The lowest BCUT2D eigenvalue weighted by Crippen LogP contribution is -2.36. The van der Waals surface area contributed by atoms with Crippen LogP contribution in [-0.2, 0) is 27.9 Å². The number of esters is 1. The third-order valence-corrected chi connectivity index (χ3v) is 8.18. The van der Waals surface area contributed by atoms with Gasteiger partial charge >= 0.3 is 13.7 Å². The molecule has 208 valence electrons. The number of halogens is 1. The van der Waals surface area contributed by atoms with E-state index in [0.717, 1.165) is 0 Å². The van der Waals surface area contributed by atoms with Crippen molar-refractivity contribution >= 4 is 42.4 Å². The number of methoxy groups -OCH3 is 2. The van der Waals surface area contributed by atoms with Crippen LogP contribution in [0.2, 0.25) is 0 Å². The number of nitrogens with one attached hydrogen (secondary N) is 1. The number of rotatable bonds is 10. The Morgan fingerprint density at radius 2 is 2.18 bits per heavy atom. The minimum atomic E-state index is -4.10. The number of nitrogens with two attached hydrogens (primary N) is 1. The lowest BCUT2D eigenvalue weighted by Gasteiger charge is -2.27. The second kappa shape index (κ2) is 11.7. The van der Waals surface area contributed by atoms with Crippen LogP contribution in [0.3, 0.4) is 0 Å². The Balaban J connectivity index is 1.51. The van der Waals surface area contributed by atoms with Gasteiger partial charge in [-0.2, -0.15) is 9.97 Å². The molecule has 1 aliphatic heterocycles. The Labute approximate surface area is 223 Å². The highest BCUT2D eigenvalue weighted by Crippen LogP contribution is 2.48. The normalized spacial score (nSPS) is 27.6. The molecule has 2 aromatic rings. The highest BCUT2D eigenvalue weighted by atomic mass is 35.5. The van der Waals surface area contributed by atoms with Crippen molar-refractivity contribution in [2.45, 2.75) is 50.8 Å². The Morgan fingerprint density at radius 1 is 1.42 bits per heavy atom. The minimum Gasteiger partial charge on any atom is -0.479 e. The molecule has 7 atom stereocenters. The summed E-state index contributed by atoms with van der Waals surface area (Å²) in [7, 11) is -1.45. The van der Waals surface area contributed by atoms with E-state index in [1.807, 2.05) is 0 Å².